The highest BCUT2D eigenvalue weighted by atomic mass is 32.1. The summed E-state index contributed by atoms with van der Waals surface area (Å²) in [7, 11) is 0. The number of nitrogens with one attached hydrogen (secondary N) is 1. The van der Waals surface area contributed by atoms with Gasteiger partial charge in [-0.15, -0.1) is 11.3 Å². The number of rotatable bonds is 5. The van der Waals surface area contributed by atoms with Crippen LogP contribution in [0, 0.1) is 17.2 Å². The molecule has 1 heterocycles. The standard InChI is InChI=1S/C17H20N2S/c1-12(2)17(16-5-4-10-20-16)19-13(3)15-8-6-14(11-18)7-9-15/h4-10,12-13,17,19H,1-3H3. The first-order chi connectivity index (χ1) is 9.61. The first-order valence-corrected chi connectivity index (χ1v) is 7.79. The lowest BCUT2D eigenvalue weighted by atomic mass is 9.99. The second-order valence-electron chi connectivity index (χ2n) is 5.36. The van der Waals surface area contributed by atoms with Crippen molar-refractivity contribution in [1.82, 2.24) is 5.32 Å². The van der Waals surface area contributed by atoms with Crippen molar-refractivity contribution < 1.29 is 0 Å². The van der Waals surface area contributed by atoms with Gasteiger partial charge in [-0.2, -0.15) is 5.26 Å². The molecule has 0 aliphatic rings. The first kappa shape index (κ1) is 14.8. The van der Waals surface area contributed by atoms with Gasteiger partial charge in [-0.05, 0) is 42.0 Å². The molecule has 1 aromatic carbocycles. The lowest BCUT2D eigenvalue weighted by Crippen LogP contribution is -2.27. The van der Waals surface area contributed by atoms with E-state index in [-0.39, 0.29) is 6.04 Å². The molecular weight excluding hydrogens is 264 g/mol. The van der Waals surface area contributed by atoms with Crippen LogP contribution in [0.4, 0.5) is 0 Å². The molecule has 1 aromatic heterocycles. The molecule has 3 heteroatoms. The minimum atomic E-state index is 0.261. The van der Waals surface area contributed by atoms with Gasteiger partial charge >= 0.3 is 0 Å². The van der Waals surface area contributed by atoms with Crippen molar-refractivity contribution in [2.24, 2.45) is 5.92 Å². The summed E-state index contributed by atoms with van der Waals surface area (Å²) >= 11 is 1.80. The number of thiophene rings is 1. The van der Waals surface area contributed by atoms with Crippen LogP contribution in [0.2, 0.25) is 0 Å². The van der Waals surface area contributed by atoms with E-state index in [4.69, 9.17) is 5.26 Å². The zero-order valence-electron chi connectivity index (χ0n) is 12.1. The Morgan fingerprint density at radius 1 is 1.10 bits per heavy atom. The Labute approximate surface area is 125 Å². The molecule has 0 aliphatic carbocycles. The lowest BCUT2D eigenvalue weighted by molar-refractivity contribution is 0.379. The Bertz CT molecular complexity index is 564. The zero-order valence-corrected chi connectivity index (χ0v) is 12.9. The molecule has 2 atom stereocenters. The van der Waals surface area contributed by atoms with Crippen LogP contribution < -0.4 is 5.32 Å². The van der Waals surface area contributed by atoms with Crippen molar-refractivity contribution in [2.45, 2.75) is 32.9 Å². The van der Waals surface area contributed by atoms with Crippen LogP contribution in [0.1, 0.15) is 48.9 Å². The Morgan fingerprint density at radius 2 is 1.80 bits per heavy atom. The fourth-order valence-electron chi connectivity index (χ4n) is 2.28. The Balaban J connectivity index is 2.12. The monoisotopic (exact) mass is 284 g/mol. The Morgan fingerprint density at radius 3 is 2.30 bits per heavy atom. The van der Waals surface area contributed by atoms with E-state index in [1.165, 1.54) is 10.4 Å². The lowest BCUT2D eigenvalue weighted by Gasteiger charge is -2.26. The molecule has 0 saturated carbocycles. The second-order valence-corrected chi connectivity index (χ2v) is 6.34. The molecule has 0 bridgehead atoms. The van der Waals surface area contributed by atoms with E-state index in [0.717, 1.165) is 0 Å². The molecule has 1 N–H and O–H groups in total. The molecule has 0 radical (unpaired) electrons. The van der Waals surface area contributed by atoms with Crippen molar-refractivity contribution >= 4 is 11.3 Å². The molecule has 0 fully saturated rings. The van der Waals surface area contributed by atoms with Crippen LogP contribution in [0.5, 0.6) is 0 Å². The minimum Gasteiger partial charge on any atom is -0.302 e. The maximum Gasteiger partial charge on any atom is 0.0991 e. The van der Waals surface area contributed by atoms with Gasteiger partial charge in [0.25, 0.3) is 0 Å². The average Bonchev–Trinajstić information content (AvgIpc) is 2.98. The number of nitrogens with zero attached hydrogens (tertiary/aromatic N) is 1. The van der Waals surface area contributed by atoms with E-state index in [1.54, 1.807) is 11.3 Å². The summed E-state index contributed by atoms with van der Waals surface area (Å²) in [6.07, 6.45) is 0. The number of nitriles is 1. The molecule has 0 saturated heterocycles. The highest BCUT2D eigenvalue weighted by Gasteiger charge is 2.19. The molecule has 2 nitrogen and oxygen atoms in total. The van der Waals surface area contributed by atoms with Gasteiger partial charge in [0.2, 0.25) is 0 Å². The first-order valence-electron chi connectivity index (χ1n) is 6.91. The van der Waals surface area contributed by atoms with Crippen LogP contribution in [-0.2, 0) is 0 Å². The van der Waals surface area contributed by atoms with Gasteiger partial charge in [0.15, 0.2) is 0 Å². The topological polar surface area (TPSA) is 35.8 Å². The van der Waals surface area contributed by atoms with Gasteiger partial charge in [-0.25, -0.2) is 0 Å². The van der Waals surface area contributed by atoms with E-state index >= 15 is 0 Å². The molecule has 2 unspecified atom stereocenters. The van der Waals surface area contributed by atoms with E-state index in [9.17, 15) is 0 Å². The molecule has 0 amide bonds. The highest BCUT2D eigenvalue weighted by molar-refractivity contribution is 7.10. The van der Waals surface area contributed by atoms with E-state index in [0.29, 0.717) is 17.5 Å². The summed E-state index contributed by atoms with van der Waals surface area (Å²) in [6.45, 7) is 6.65. The molecule has 0 spiro atoms. The van der Waals surface area contributed by atoms with Gasteiger partial charge in [0.05, 0.1) is 11.6 Å². The number of hydrogen-bond donors (Lipinski definition) is 1. The van der Waals surface area contributed by atoms with Crippen LogP contribution >= 0.6 is 11.3 Å². The van der Waals surface area contributed by atoms with Crippen molar-refractivity contribution in [3.8, 4) is 6.07 Å². The maximum atomic E-state index is 8.85. The van der Waals surface area contributed by atoms with E-state index in [1.807, 2.05) is 24.3 Å². The van der Waals surface area contributed by atoms with Crippen molar-refractivity contribution in [2.75, 3.05) is 0 Å². The third-order valence-electron chi connectivity index (χ3n) is 3.49. The van der Waals surface area contributed by atoms with Gasteiger partial charge in [-0.3, -0.25) is 0 Å². The van der Waals surface area contributed by atoms with Crippen LogP contribution in [0.3, 0.4) is 0 Å². The van der Waals surface area contributed by atoms with Crippen molar-refractivity contribution in [3.05, 3.63) is 57.8 Å². The number of hydrogen-bond acceptors (Lipinski definition) is 3. The summed E-state index contributed by atoms with van der Waals surface area (Å²) < 4.78 is 0. The van der Waals surface area contributed by atoms with Gasteiger partial charge in [0, 0.05) is 17.0 Å². The predicted octanol–water partition coefficient (Wildman–Crippen LogP) is 4.67. The number of benzene rings is 1. The molecule has 104 valence electrons. The summed E-state index contributed by atoms with van der Waals surface area (Å²) in [6, 6.07) is 14.9. The SMILES string of the molecule is CC(NC(c1cccs1)C(C)C)c1ccc(C#N)cc1. The maximum absolute atomic E-state index is 8.85. The third kappa shape index (κ3) is 3.47. The zero-order chi connectivity index (χ0) is 14.5. The molecule has 20 heavy (non-hydrogen) atoms. The molecule has 2 aromatic rings. The Hall–Kier alpha value is -1.63. The highest BCUT2D eigenvalue weighted by Crippen LogP contribution is 2.28. The summed E-state index contributed by atoms with van der Waals surface area (Å²) in [5.41, 5.74) is 1.92. The predicted molar refractivity (Wildman–Crippen MR) is 84.6 cm³/mol. The molecular formula is C17H20N2S. The van der Waals surface area contributed by atoms with Gasteiger partial charge in [-0.1, -0.05) is 32.0 Å². The van der Waals surface area contributed by atoms with Crippen molar-refractivity contribution in [3.63, 3.8) is 0 Å². The smallest absolute Gasteiger partial charge is 0.0991 e. The summed E-state index contributed by atoms with van der Waals surface area (Å²) in [5, 5.41) is 14.7. The van der Waals surface area contributed by atoms with Crippen LogP contribution in [0.25, 0.3) is 0 Å². The van der Waals surface area contributed by atoms with Crippen molar-refractivity contribution in [1.29, 1.82) is 5.26 Å². The van der Waals surface area contributed by atoms with E-state index < -0.39 is 0 Å². The normalized spacial score (nSPS) is 13.9. The quantitative estimate of drug-likeness (QED) is 0.866. The fraction of sp³-hybridized carbons (Fsp3) is 0.353. The molecule has 0 aliphatic heterocycles. The average molecular weight is 284 g/mol. The van der Waals surface area contributed by atoms with E-state index in [2.05, 4.69) is 49.7 Å². The van der Waals surface area contributed by atoms with Gasteiger partial charge in [0.1, 0.15) is 0 Å². The second kappa shape index (κ2) is 6.69. The summed E-state index contributed by atoms with van der Waals surface area (Å²) in [4.78, 5) is 1.38. The largest absolute Gasteiger partial charge is 0.302 e. The molecule has 2 rings (SSSR count). The third-order valence-corrected chi connectivity index (χ3v) is 4.44. The fourth-order valence-corrected chi connectivity index (χ4v) is 3.24. The minimum absolute atomic E-state index is 0.261. The Kier molecular flexibility index (Phi) is 4.94. The van der Waals surface area contributed by atoms with Crippen LogP contribution in [-0.4, -0.2) is 0 Å². The summed E-state index contributed by atoms with van der Waals surface area (Å²) in [5.74, 6) is 0.537. The van der Waals surface area contributed by atoms with Crippen LogP contribution in [0.15, 0.2) is 41.8 Å². The van der Waals surface area contributed by atoms with Gasteiger partial charge < -0.3 is 5.32 Å².